The molecular formula is C17H27NO4. The molecule has 1 amide bonds. The van der Waals surface area contributed by atoms with Crippen LogP contribution < -0.4 is 5.32 Å². The Morgan fingerprint density at radius 3 is 2.32 bits per heavy atom. The molecule has 2 unspecified atom stereocenters. The number of alkyl carbamates (subject to hydrolysis) is 1. The molecule has 0 saturated carbocycles. The normalized spacial score (nSPS) is 15.7. The first-order valence-electron chi connectivity index (χ1n) is 7.65. The quantitative estimate of drug-likeness (QED) is 0.755. The van der Waals surface area contributed by atoms with Gasteiger partial charge in [0.1, 0.15) is 17.8 Å². The smallest absolute Gasteiger partial charge is 0.407 e. The third kappa shape index (κ3) is 6.03. The van der Waals surface area contributed by atoms with E-state index >= 15 is 0 Å². The van der Waals surface area contributed by atoms with Crippen molar-refractivity contribution < 1.29 is 19.7 Å². The molecule has 0 aliphatic carbocycles. The van der Waals surface area contributed by atoms with Gasteiger partial charge in [0, 0.05) is 0 Å². The van der Waals surface area contributed by atoms with Crippen molar-refractivity contribution in [2.75, 3.05) is 0 Å². The topological polar surface area (TPSA) is 78.8 Å². The van der Waals surface area contributed by atoms with E-state index in [2.05, 4.69) is 5.32 Å². The Balaban J connectivity index is 2.75. The number of benzene rings is 1. The fourth-order valence-electron chi connectivity index (χ4n) is 2.17. The maximum Gasteiger partial charge on any atom is 0.407 e. The molecule has 0 spiro atoms. The monoisotopic (exact) mass is 309 g/mol. The van der Waals surface area contributed by atoms with Gasteiger partial charge in [0.25, 0.3) is 0 Å². The van der Waals surface area contributed by atoms with Crippen molar-refractivity contribution in [1.82, 2.24) is 5.32 Å². The lowest BCUT2D eigenvalue weighted by molar-refractivity contribution is -0.0122. The highest BCUT2D eigenvalue weighted by Crippen LogP contribution is 2.21. The number of carbonyl (C=O) groups is 1. The number of hydrogen-bond donors (Lipinski definition) is 3. The third-order valence-corrected chi connectivity index (χ3v) is 3.18. The lowest BCUT2D eigenvalue weighted by atomic mass is 9.96. The van der Waals surface area contributed by atoms with Gasteiger partial charge in [-0.15, -0.1) is 0 Å². The van der Waals surface area contributed by atoms with Gasteiger partial charge in [-0.05, 0) is 32.8 Å². The van der Waals surface area contributed by atoms with Crippen molar-refractivity contribution in [3.8, 4) is 0 Å². The Bertz CT molecular complexity index is 455. The Morgan fingerprint density at radius 1 is 1.23 bits per heavy atom. The molecule has 22 heavy (non-hydrogen) atoms. The minimum atomic E-state index is -1.10. The molecule has 3 atom stereocenters. The number of amides is 1. The van der Waals surface area contributed by atoms with Crippen molar-refractivity contribution in [2.24, 2.45) is 0 Å². The standard InChI is InChI=1S/C17H27NO4/c1-5-9-13(18-16(21)22-17(2,3)4)15(20)14(19)12-10-7-6-8-11-12/h6-8,10-11,13-15,19-20H,5,9H2,1-4H3,(H,18,21)/t13-,14?,15?/m0/s1. The lowest BCUT2D eigenvalue weighted by Gasteiger charge is -2.29. The molecule has 1 aromatic rings. The summed E-state index contributed by atoms with van der Waals surface area (Å²) < 4.78 is 5.21. The van der Waals surface area contributed by atoms with Gasteiger partial charge in [0.15, 0.2) is 0 Å². The van der Waals surface area contributed by atoms with Gasteiger partial charge in [-0.25, -0.2) is 4.79 Å². The van der Waals surface area contributed by atoms with Gasteiger partial charge in [0.2, 0.25) is 0 Å². The molecule has 5 nitrogen and oxygen atoms in total. The Hall–Kier alpha value is -1.59. The third-order valence-electron chi connectivity index (χ3n) is 3.18. The van der Waals surface area contributed by atoms with Crippen LogP contribution in [-0.2, 0) is 4.74 Å². The van der Waals surface area contributed by atoms with Crippen molar-refractivity contribution in [1.29, 1.82) is 0 Å². The number of carbonyl (C=O) groups excluding carboxylic acids is 1. The zero-order chi connectivity index (χ0) is 16.8. The van der Waals surface area contributed by atoms with Crippen molar-refractivity contribution >= 4 is 6.09 Å². The first kappa shape index (κ1) is 18.5. The van der Waals surface area contributed by atoms with E-state index in [0.717, 1.165) is 6.42 Å². The highest BCUT2D eigenvalue weighted by atomic mass is 16.6. The molecule has 3 N–H and O–H groups in total. The molecule has 0 radical (unpaired) electrons. The van der Waals surface area contributed by atoms with E-state index in [1.807, 2.05) is 13.0 Å². The van der Waals surface area contributed by atoms with Crippen molar-refractivity contribution in [3.63, 3.8) is 0 Å². The van der Waals surface area contributed by atoms with E-state index in [1.54, 1.807) is 45.0 Å². The van der Waals surface area contributed by atoms with E-state index in [4.69, 9.17) is 4.74 Å². The first-order valence-corrected chi connectivity index (χ1v) is 7.65. The van der Waals surface area contributed by atoms with E-state index in [0.29, 0.717) is 12.0 Å². The molecule has 0 aromatic heterocycles. The van der Waals surface area contributed by atoms with Gasteiger partial charge in [-0.3, -0.25) is 0 Å². The minimum Gasteiger partial charge on any atom is -0.444 e. The molecule has 0 heterocycles. The summed E-state index contributed by atoms with van der Waals surface area (Å²) in [6.45, 7) is 7.27. The molecule has 0 aliphatic rings. The van der Waals surface area contributed by atoms with E-state index in [1.165, 1.54) is 0 Å². The molecule has 124 valence electrons. The van der Waals surface area contributed by atoms with Gasteiger partial charge >= 0.3 is 6.09 Å². The summed E-state index contributed by atoms with van der Waals surface area (Å²) in [6.07, 6.45) is -1.45. The second-order valence-electron chi connectivity index (χ2n) is 6.39. The molecule has 0 fully saturated rings. The summed E-state index contributed by atoms with van der Waals surface area (Å²) in [6, 6.07) is 8.33. The van der Waals surface area contributed by atoms with Gasteiger partial charge in [-0.2, -0.15) is 0 Å². The number of rotatable bonds is 6. The van der Waals surface area contributed by atoms with E-state index in [-0.39, 0.29) is 0 Å². The summed E-state index contributed by atoms with van der Waals surface area (Å²) in [4.78, 5) is 11.9. The molecule has 0 saturated heterocycles. The van der Waals surface area contributed by atoms with Crippen LogP contribution in [0.5, 0.6) is 0 Å². The Morgan fingerprint density at radius 2 is 1.82 bits per heavy atom. The average molecular weight is 309 g/mol. The highest BCUT2D eigenvalue weighted by molar-refractivity contribution is 5.68. The number of hydrogen-bond acceptors (Lipinski definition) is 4. The molecule has 1 rings (SSSR count). The Kier molecular flexibility index (Phi) is 6.84. The number of nitrogens with one attached hydrogen (secondary N) is 1. The summed E-state index contributed by atoms with van der Waals surface area (Å²) >= 11 is 0. The van der Waals surface area contributed by atoms with Crippen molar-refractivity contribution in [2.45, 2.75) is 64.4 Å². The maximum absolute atomic E-state index is 11.9. The van der Waals surface area contributed by atoms with E-state index < -0.39 is 29.9 Å². The number of ether oxygens (including phenoxy) is 1. The lowest BCUT2D eigenvalue weighted by Crippen LogP contribution is -2.47. The van der Waals surface area contributed by atoms with Crippen LogP contribution in [0.1, 0.15) is 52.2 Å². The van der Waals surface area contributed by atoms with Crippen LogP contribution >= 0.6 is 0 Å². The SMILES string of the molecule is CCC[C@H](NC(=O)OC(C)(C)C)C(O)C(O)c1ccccc1. The minimum absolute atomic E-state index is 0.546. The fraction of sp³-hybridized carbons (Fsp3) is 0.588. The summed E-state index contributed by atoms with van der Waals surface area (Å²) in [5, 5.41) is 23.3. The molecule has 5 heteroatoms. The number of aliphatic hydroxyl groups is 2. The maximum atomic E-state index is 11.9. The molecule has 0 aliphatic heterocycles. The molecule has 0 bridgehead atoms. The number of aliphatic hydroxyl groups excluding tert-OH is 2. The van der Waals surface area contributed by atoms with Crippen LogP contribution in [0.4, 0.5) is 4.79 Å². The summed E-state index contributed by atoms with van der Waals surface area (Å²) in [7, 11) is 0. The Labute approximate surface area is 132 Å². The van der Waals surface area contributed by atoms with Crippen LogP contribution in [0.2, 0.25) is 0 Å². The van der Waals surface area contributed by atoms with Gasteiger partial charge in [-0.1, -0.05) is 43.7 Å². The van der Waals surface area contributed by atoms with Crippen LogP contribution in [0.25, 0.3) is 0 Å². The zero-order valence-electron chi connectivity index (χ0n) is 13.7. The van der Waals surface area contributed by atoms with Crippen LogP contribution in [0.3, 0.4) is 0 Å². The van der Waals surface area contributed by atoms with Gasteiger partial charge < -0.3 is 20.3 Å². The predicted octanol–water partition coefficient (Wildman–Crippen LogP) is 2.77. The fourth-order valence-corrected chi connectivity index (χ4v) is 2.17. The second kappa shape index (κ2) is 8.15. The van der Waals surface area contributed by atoms with Gasteiger partial charge in [0.05, 0.1) is 6.04 Å². The zero-order valence-corrected chi connectivity index (χ0v) is 13.7. The summed E-state index contributed by atoms with van der Waals surface area (Å²) in [5.74, 6) is 0. The first-order chi connectivity index (χ1) is 10.2. The summed E-state index contributed by atoms with van der Waals surface area (Å²) in [5.41, 5.74) is 0.00575. The van der Waals surface area contributed by atoms with Crippen LogP contribution in [0.15, 0.2) is 30.3 Å². The van der Waals surface area contributed by atoms with Crippen molar-refractivity contribution in [3.05, 3.63) is 35.9 Å². The average Bonchev–Trinajstić information content (AvgIpc) is 2.44. The van der Waals surface area contributed by atoms with E-state index in [9.17, 15) is 15.0 Å². The van der Waals surface area contributed by atoms with Crippen LogP contribution in [-0.4, -0.2) is 34.1 Å². The molecular weight excluding hydrogens is 282 g/mol. The largest absolute Gasteiger partial charge is 0.444 e. The molecule has 1 aromatic carbocycles. The highest BCUT2D eigenvalue weighted by Gasteiger charge is 2.29. The van der Waals surface area contributed by atoms with Crippen LogP contribution in [0, 0.1) is 0 Å². The second-order valence-corrected chi connectivity index (χ2v) is 6.39. The predicted molar refractivity (Wildman–Crippen MR) is 85.5 cm³/mol.